The van der Waals surface area contributed by atoms with Gasteiger partial charge in [0.05, 0.1) is 0 Å². The molecule has 0 saturated carbocycles. The molecule has 0 spiro atoms. The Morgan fingerprint density at radius 2 is 2.54 bits per heavy atom. The van der Waals surface area contributed by atoms with Gasteiger partial charge >= 0.3 is 5.97 Å². The van der Waals surface area contributed by atoms with Crippen LogP contribution >= 0.6 is 23.1 Å². The Balaban J connectivity index is 2.75. The number of thioether (sulfide) groups is 1. The third kappa shape index (κ3) is 2.45. The third-order valence-electron chi connectivity index (χ3n) is 1.85. The minimum Gasteiger partial charge on any atom is -0.480 e. The van der Waals surface area contributed by atoms with Gasteiger partial charge in [-0.1, -0.05) is 18.7 Å². The fraction of sp³-hybridized carbons (Fsp3) is 0.500. The molecule has 0 aliphatic carbocycles. The van der Waals surface area contributed by atoms with Crippen LogP contribution in [0.25, 0.3) is 0 Å². The summed E-state index contributed by atoms with van der Waals surface area (Å²) in [7, 11) is 0. The number of hydrogen-bond acceptors (Lipinski definition) is 4. The summed E-state index contributed by atoms with van der Waals surface area (Å²) in [6.45, 7) is 3.59. The van der Waals surface area contributed by atoms with Crippen LogP contribution in [0.4, 0.5) is 0 Å². The van der Waals surface area contributed by atoms with Gasteiger partial charge in [0.2, 0.25) is 0 Å². The van der Waals surface area contributed by atoms with E-state index in [0.717, 1.165) is 4.34 Å². The Bertz CT molecular complexity index is 286. The first-order valence-corrected chi connectivity index (χ1v) is 5.60. The number of thiazole rings is 1. The molecule has 0 aliphatic rings. The second kappa shape index (κ2) is 4.11. The molecular formula is C8H11NO2S2. The molecule has 1 aromatic heterocycles. The lowest BCUT2D eigenvalue weighted by molar-refractivity contribution is -0.139. The normalized spacial score (nSPS) is 15.2. The van der Waals surface area contributed by atoms with Crippen LogP contribution in [0.2, 0.25) is 0 Å². The topological polar surface area (TPSA) is 50.2 Å². The minimum atomic E-state index is -0.782. The molecule has 1 aromatic rings. The van der Waals surface area contributed by atoms with Gasteiger partial charge in [-0.25, -0.2) is 4.98 Å². The fourth-order valence-corrected chi connectivity index (χ4v) is 2.72. The highest BCUT2D eigenvalue weighted by Crippen LogP contribution is 2.36. The van der Waals surface area contributed by atoms with Crippen molar-refractivity contribution in [1.82, 2.24) is 4.98 Å². The molecule has 72 valence electrons. The molecule has 0 bridgehead atoms. The maximum absolute atomic E-state index is 10.9. The predicted octanol–water partition coefficient (Wildman–Crippen LogP) is 2.49. The quantitative estimate of drug-likeness (QED) is 0.787. The van der Waals surface area contributed by atoms with Crippen LogP contribution < -0.4 is 0 Å². The van der Waals surface area contributed by atoms with E-state index in [9.17, 15) is 4.79 Å². The number of rotatable bonds is 4. The van der Waals surface area contributed by atoms with E-state index < -0.39 is 10.7 Å². The third-order valence-corrected chi connectivity index (χ3v) is 4.15. The van der Waals surface area contributed by atoms with E-state index in [-0.39, 0.29) is 0 Å². The predicted molar refractivity (Wildman–Crippen MR) is 54.3 cm³/mol. The van der Waals surface area contributed by atoms with E-state index >= 15 is 0 Å². The van der Waals surface area contributed by atoms with E-state index in [1.54, 1.807) is 13.1 Å². The molecule has 1 rings (SSSR count). The number of hydrogen-bond donors (Lipinski definition) is 1. The monoisotopic (exact) mass is 217 g/mol. The lowest BCUT2D eigenvalue weighted by atomic mass is 10.1. The maximum Gasteiger partial charge on any atom is 0.319 e. The summed E-state index contributed by atoms with van der Waals surface area (Å²) in [4.78, 5) is 15.0. The lowest BCUT2D eigenvalue weighted by Gasteiger charge is -2.20. The molecule has 0 amide bonds. The zero-order valence-electron chi connectivity index (χ0n) is 7.48. The molecule has 0 aromatic carbocycles. The number of carboxylic acid groups (broad SMARTS) is 1. The van der Waals surface area contributed by atoms with Crippen molar-refractivity contribution in [2.45, 2.75) is 29.4 Å². The van der Waals surface area contributed by atoms with Crippen molar-refractivity contribution in [2.24, 2.45) is 0 Å². The van der Waals surface area contributed by atoms with Crippen LogP contribution in [-0.2, 0) is 4.79 Å². The fourth-order valence-electron chi connectivity index (χ4n) is 0.721. The molecule has 0 aliphatic heterocycles. The van der Waals surface area contributed by atoms with Gasteiger partial charge in [0.25, 0.3) is 0 Å². The van der Waals surface area contributed by atoms with Crippen molar-refractivity contribution >= 4 is 29.1 Å². The number of nitrogens with zero attached hydrogens (tertiary/aromatic N) is 1. The van der Waals surface area contributed by atoms with Crippen LogP contribution in [0.15, 0.2) is 15.9 Å². The van der Waals surface area contributed by atoms with Gasteiger partial charge in [0, 0.05) is 11.6 Å². The summed E-state index contributed by atoms with van der Waals surface area (Å²) in [6.07, 6.45) is 2.28. The summed E-state index contributed by atoms with van der Waals surface area (Å²) in [5.41, 5.74) is 0. The zero-order chi connectivity index (χ0) is 9.90. The smallest absolute Gasteiger partial charge is 0.319 e. The molecule has 13 heavy (non-hydrogen) atoms. The van der Waals surface area contributed by atoms with Crippen LogP contribution in [0, 0.1) is 0 Å². The average molecular weight is 217 g/mol. The zero-order valence-corrected chi connectivity index (χ0v) is 9.11. The van der Waals surface area contributed by atoms with Gasteiger partial charge in [0.1, 0.15) is 4.75 Å². The molecule has 1 heterocycles. The molecule has 0 saturated heterocycles. The minimum absolute atomic E-state index is 0.590. The Labute approximate surface area is 85.2 Å². The summed E-state index contributed by atoms with van der Waals surface area (Å²) < 4.78 is 0.0597. The molecule has 0 fully saturated rings. The second-order valence-electron chi connectivity index (χ2n) is 2.79. The molecule has 1 N–H and O–H groups in total. The molecular weight excluding hydrogens is 206 g/mol. The molecule has 1 atom stereocenters. The van der Waals surface area contributed by atoms with E-state index in [2.05, 4.69) is 4.98 Å². The Morgan fingerprint density at radius 3 is 2.92 bits per heavy atom. The van der Waals surface area contributed by atoms with E-state index in [1.807, 2.05) is 12.3 Å². The number of aromatic nitrogens is 1. The van der Waals surface area contributed by atoms with E-state index in [1.165, 1.54) is 23.1 Å². The van der Waals surface area contributed by atoms with Crippen molar-refractivity contribution in [3.05, 3.63) is 11.6 Å². The van der Waals surface area contributed by atoms with Crippen molar-refractivity contribution in [3.8, 4) is 0 Å². The number of aliphatic carboxylic acids is 1. The Hall–Kier alpha value is -0.550. The molecule has 5 heteroatoms. The first-order valence-electron chi connectivity index (χ1n) is 3.90. The summed E-state index contributed by atoms with van der Waals surface area (Å²) in [6, 6.07) is 0. The van der Waals surface area contributed by atoms with Gasteiger partial charge < -0.3 is 5.11 Å². The van der Waals surface area contributed by atoms with Crippen LogP contribution in [0.1, 0.15) is 20.3 Å². The Morgan fingerprint density at radius 1 is 1.85 bits per heavy atom. The largest absolute Gasteiger partial charge is 0.480 e. The maximum atomic E-state index is 10.9. The van der Waals surface area contributed by atoms with Crippen LogP contribution in [0.5, 0.6) is 0 Å². The van der Waals surface area contributed by atoms with Gasteiger partial charge in [-0.05, 0) is 13.3 Å². The van der Waals surface area contributed by atoms with Gasteiger partial charge in [-0.15, -0.1) is 11.3 Å². The van der Waals surface area contributed by atoms with Gasteiger partial charge in [0.15, 0.2) is 4.34 Å². The average Bonchev–Trinajstić information content (AvgIpc) is 2.56. The second-order valence-corrected chi connectivity index (χ2v) is 5.43. The summed E-state index contributed by atoms with van der Waals surface area (Å²) >= 11 is 2.78. The van der Waals surface area contributed by atoms with Gasteiger partial charge in [-0.2, -0.15) is 0 Å². The van der Waals surface area contributed by atoms with E-state index in [0.29, 0.717) is 6.42 Å². The lowest BCUT2D eigenvalue weighted by Crippen LogP contribution is -2.30. The van der Waals surface area contributed by atoms with Crippen molar-refractivity contribution < 1.29 is 9.90 Å². The molecule has 0 radical (unpaired) electrons. The highest BCUT2D eigenvalue weighted by atomic mass is 32.2. The first-order chi connectivity index (χ1) is 6.08. The standard InChI is InChI=1S/C8H11NO2S2/c1-3-8(2,6(10)11)13-7-9-4-5-12-7/h4-5H,3H2,1-2H3,(H,10,11). The number of carboxylic acids is 1. The first kappa shape index (κ1) is 10.5. The SMILES string of the molecule is CCC(C)(Sc1nccs1)C(=O)O. The number of carbonyl (C=O) groups is 1. The van der Waals surface area contributed by atoms with Crippen molar-refractivity contribution in [3.63, 3.8) is 0 Å². The van der Waals surface area contributed by atoms with Crippen molar-refractivity contribution in [1.29, 1.82) is 0 Å². The highest BCUT2D eigenvalue weighted by molar-refractivity contribution is 8.03. The van der Waals surface area contributed by atoms with Crippen LogP contribution in [-0.4, -0.2) is 20.8 Å². The summed E-state index contributed by atoms with van der Waals surface area (Å²) in [5.74, 6) is -0.782. The van der Waals surface area contributed by atoms with Crippen LogP contribution in [0.3, 0.4) is 0 Å². The van der Waals surface area contributed by atoms with Gasteiger partial charge in [-0.3, -0.25) is 4.79 Å². The highest BCUT2D eigenvalue weighted by Gasteiger charge is 2.33. The summed E-state index contributed by atoms with van der Waals surface area (Å²) in [5, 5.41) is 10.8. The Kier molecular flexibility index (Phi) is 3.33. The molecule has 1 unspecified atom stereocenters. The van der Waals surface area contributed by atoms with E-state index in [4.69, 9.17) is 5.11 Å². The molecule has 3 nitrogen and oxygen atoms in total. The van der Waals surface area contributed by atoms with Crippen molar-refractivity contribution in [2.75, 3.05) is 0 Å².